The molecule has 0 aliphatic heterocycles. The topological polar surface area (TPSA) is 84.5 Å². The molecule has 0 spiro atoms. The van der Waals surface area contributed by atoms with E-state index in [1.54, 1.807) is 31.2 Å². The van der Waals surface area contributed by atoms with Crippen molar-refractivity contribution in [3.63, 3.8) is 0 Å². The van der Waals surface area contributed by atoms with Crippen LogP contribution in [0, 0.1) is 0 Å². The van der Waals surface area contributed by atoms with Crippen LogP contribution < -0.4 is 10.6 Å². The lowest BCUT2D eigenvalue weighted by molar-refractivity contribution is -0.149. The number of rotatable bonds is 5. The van der Waals surface area contributed by atoms with Gasteiger partial charge in [-0.1, -0.05) is 29.8 Å². The molecule has 0 saturated carbocycles. The summed E-state index contributed by atoms with van der Waals surface area (Å²) in [5, 5.41) is 4.95. The van der Waals surface area contributed by atoms with Crippen molar-refractivity contribution in [1.29, 1.82) is 0 Å². The maximum Gasteiger partial charge on any atom is 0.331 e. The van der Waals surface area contributed by atoms with Gasteiger partial charge in [-0.05, 0) is 31.6 Å². The normalized spacial score (nSPS) is 11.8. The number of nitrogens with one attached hydrogen (secondary N) is 2. The van der Waals surface area contributed by atoms with Crippen LogP contribution in [0.2, 0.25) is 5.02 Å². The number of urea groups is 1. The van der Waals surface area contributed by atoms with Crippen molar-refractivity contribution in [3.05, 3.63) is 40.9 Å². The van der Waals surface area contributed by atoms with Crippen LogP contribution >= 0.6 is 11.6 Å². The molecule has 1 rings (SSSR count). The van der Waals surface area contributed by atoms with Crippen molar-refractivity contribution in [2.24, 2.45) is 0 Å². The first-order chi connectivity index (χ1) is 10.4. The SMILES string of the molecule is CCNC(=O)NC(=O)[C@@H](C)OC(=O)/C=C/c1ccccc1Cl. The van der Waals surface area contributed by atoms with Crippen molar-refractivity contribution in [1.82, 2.24) is 10.6 Å². The van der Waals surface area contributed by atoms with Crippen LogP contribution in [0.1, 0.15) is 19.4 Å². The largest absolute Gasteiger partial charge is 0.449 e. The predicted molar refractivity (Wildman–Crippen MR) is 83.3 cm³/mol. The maximum absolute atomic E-state index is 11.6. The van der Waals surface area contributed by atoms with E-state index in [1.807, 2.05) is 0 Å². The minimum absolute atomic E-state index is 0.383. The average molecular weight is 325 g/mol. The molecule has 1 aromatic rings. The molecule has 0 heterocycles. The zero-order chi connectivity index (χ0) is 16.5. The van der Waals surface area contributed by atoms with Gasteiger partial charge in [0.15, 0.2) is 6.10 Å². The lowest BCUT2D eigenvalue weighted by Gasteiger charge is -2.11. The van der Waals surface area contributed by atoms with Gasteiger partial charge in [0.1, 0.15) is 0 Å². The second kappa shape index (κ2) is 8.84. The van der Waals surface area contributed by atoms with Crippen LogP contribution in [-0.2, 0) is 14.3 Å². The third-order valence-electron chi connectivity index (χ3n) is 2.54. The molecule has 6 nitrogen and oxygen atoms in total. The molecule has 0 aliphatic carbocycles. The summed E-state index contributed by atoms with van der Waals surface area (Å²) in [5.74, 6) is -1.41. The van der Waals surface area contributed by atoms with E-state index in [2.05, 4.69) is 10.6 Å². The first-order valence-electron chi connectivity index (χ1n) is 6.66. The number of hydrogen-bond donors (Lipinski definition) is 2. The predicted octanol–water partition coefficient (Wildman–Crippen LogP) is 2.13. The first-order valence-corrected chi connectivity index (χ1v) is 7.03. The fraction of sp³-hybridized carbons (Fsp3) is 0.267. The molecule has 0 saturated heterocycles. The van der Waals surface area contributed by atoms with E-state index in [9.17, 15) is 14.4 Å². The molecule has 0 aliphatic rings. The highest BCUT2D eigenvalue weighted by Crippen LogP contribution is 2.16. The smallest absolute Gasteiger partial charge is 0.331 e. The quantitative estimate of drug-likeness (QED) is 0.642. The Morgan fingerprint density at radius 2 is 2.00 bits per heavy atom. The Morgan fingerprint density at radius 3 is 2.64 bits per heavy atom. The van der Waals surface area contributed by atoms with Crippen LogP contribution in [0.3, 0.4) is 0 Å². The molecule has 3 amide bonds. The first kappa shape index (κ1) is 17.7. The van der Waals surface area contributed by atoms with Crippen LogP contribution in [-0.4, -0.2) is 30.6 Å². The van der Waals surface area contributed by atoms with E-state index < -0.39 is 24.0 Å². The molecule has 7 heteroatoms. The fourth-order valence-corrected chi connectivity index (χ4v) is 1.65. The fourth-order valence-electron chi connectivity index (χ4n) is 1.45. The number of imide groups is 1. The van der Waals surface area contributed by atoms with Crippen molar-refractivity contribution in [2.75, 3.05) is 6.54 Å². The summed E-state index contributed by atoms with van der Waals surface area (Å²) in [6, 6.07) is 6.33. The number of amides is 3. The van der Waals surface area contributed by atoms with Gasteiger partial charge in [-0.15, -0.1) is 0 Å². The second-order valence-corrected chi connectivity index (χ2v) is 4.69. The Labute approximate surface area is 133 Å². The zero-order valence-corrected chi connectivity index (χ0v) is 13.0. The number of benzene rings is 1. The van der Waals surface area contributed by atoms with Crippen LogP contribution in [0.15, 0.2) is 30.3 Å². The molecule has 118 valence electrons. The molecule has 2 N–H and O–H groups in total. The zero-order valence-electron chi connectivity index (χ0n) is 12.3. The Morgan fingerprint density at radius 1 is 1.32 bits per heavy atom. The monoisotopic (exact) mass is 324 g/mol. The second-order valence-electron chi connectivity index (χ2n) is 4.28. The minimum Gasteiger partial charge on any atom is -0.449 e. The third-order valence-corrected chi connectivity index (χ3v) is 2.88. The number of halogens is 1. The number of ether oxygens (including phenoxy) is 1. The highest BCUT2D eigenvalue weighted by molar-refractivity contribution is 6.32. The summed E-state index contributed by atoms with van der Waals surface area (Å²) in [6.07, 6.45) is 1.56. The molecule has 0 fully saturated rings. The minimum atomic E-state index is -1.09. The molecular formula is C15H17ClN2O4. The van der Waals surface area contributed by atoms with Crippen molar-refractivity contribution < 1.29 is 19.1 Å². The van der Waals surface area contributed by atoms with Crippen molar-refractivity contribution >= 4 is 35.6 Å². The van der Waals surface area contributed by atoms with Gasteiger partial charge >= 0.3 is 12.0 Å². The van der Waals surface area contributed by atoms with Gasteiger partial charge in [0.25, 0.3) is 5.91 Å². The Kier molecular flexibility index (Phi) is 7.12. The van der Waals surface area contributed by atoms with E-state index in [0.717, 1.165) is 6.08 Å². The van der Waals surface area contributed by atoms with Gasteiger partial charge in [-0.2, -0.15) is 0 Å². The molecule has 1 aromatic carbocycles. The van der Waals surface area contributed by atoms with Gasteiger partial charge in [-0.3, -0.25) is 10.1 Å². The summed E-state index contributed by atoms with van der Waals surface area (Å²) in [4.78, 5) is 34.4. The summed E-state index contributed by atoms with van der Waals surface area (Å²) in [7, 11) is 0. The van der Waals surface area contributed by atoms with Gasteiger partial charge in [0, 0.05) is 17.6 Å². The Hall–Kier alpha value is -2.34. The van der Waals surface area contributed by atoms with Gasteiger partial charge in [0.2, 0.25) is 0 Å². The number of hydrogen-bond acceptors (Lipinski definition) is 4. The van der Waals surface area contributed by atoms with E-state index in [1.165, 1.54) is 13.0 Å². The molecule has 0 aromatic heterocycles. The van der Waals surface area contributed by atoms with Gasteiger partial charge in [0.05, 0.1) is 0 Å². The van der Waals surface area contributed by atoms with Crippen molar-refractivity contribution in [3.8, 4) is 0 Å². The van der Waals surface area contributed by atoms with Gasteiger partial charge < -0.3 is 10.1 Å². The average Bonchev–Trinajstić information content (AvgIpc) is 2.46. The van der Waals surface area contributed by atoms with Crippen LogP contribution in [0.25, 0.3) is 6.08 Å². The summed E-state index contributed by atoms with van der Waals surface area (Å²) >= 11 is 5.94. The van der Waals surface area contributed by atoms with Gasteiger partial charge in [-0.25, -0.2) is 9.59 Å². The highest BCUT2D eigenvalue weighted by Gasteiger charge is 2.18. The molecule has 0 unspecified atom stereocenters. The van der Waals surface area contributed by atoms with Crippen molar-refractivity contribution in [2.45, 2.75) is 20.0 Å². The molecule has 0 bridgehead atoms. The lowest BCUT2D eigenvalue weighted by Crippen LogP contribution is -2.44. The molecule has 0 radical (unpaired) electrons. The summed E-state index contributed by atoms with van der Waals surface area (Å²) < 4.78 is 4.89. The highest BCUT2D eigenvalue weighted by atomic mass is 35.5. The Balaban J connectivity index is 2.52. The third kappa shape index (κ3) is 5.97. The summed E-state index contributed by atoms with van der Waals surface area (Å²) in [6.45, 7) is 3.47. The maximum atomic E-state index is 11.6. The molecule has 22 heavy (non-hydrogen) atoms. The van der Waals surface area contributed by atoms with E-state index in [-0.39, 0.29) is 0 Å². The van der Waals surface area contributed by atoms with Crippen LogP contribution in [0.5, 0.6) is 0 Å². The van der Waals surface area contributed by atoms with E-state index in [4.69, 9.17) is 16.3 Å². The number of carbonyl (C=O) groups excluding carboxylic acids is 3. The summed E-state index contributed by atoms with van der Waals surface area (Å²) in [5.41, 5.74) is 0.653. The number of carbonyl (C=O) groups is 3. The number of esters is 1. The van der Waals surface area contributed by atoms with Crippen LogP contribution in [0.4, 0.5) is 4.79 Å². The van der Waals surface area contributed by atoms with E-state index in [0.29, 0.717) is 17.1 Å². The van der Waals surface area contributed by atoms with E-state index >= 15 is 0 Å². The lowest BCUT2D eigenvalue weighted by atomic mass is 10.2. The molecule has 1 atom stereocenters. The standard InChI is InChI=1S/C15H17ClN2O4/c1-3-17-15(21)18-14(20)10(2)22-13(19)9-8-11-6-4-5-7-12(11)16/h4-10H,3H2,1-2H3,(H2,17,18,20,21)/b9-8+/t10-/m1/s1. The molecular weight excluding hydrogens is 308 g/mol. The Bertz CT molecular complexity index is 587.